The van der Waals surface area contributed by atoms with Crippen LogP contribution in [0.2, 0.25) is 0 Å². The normalized spacial score (nSPS) is 12.3. The molecule has 2 aromatic rings. The first kappa shape index (κ1) is 10.6. The number of aryl methyl sites for hydroxylation is 1. The molecular weight excluding hydrogens is 256 g/mol. The molecule has 0 aliphatic rings. The van der Waals surface area contributed by atoms with Gasteiger partial charge in [0.1, 0.15) is 4.60 Å². The second-order valence-electron chi connectivity index (χ2n) is 4.21. The van der Waals surface area contributed by atoms with Crippen molar-refractivity contribution >= 4 is 26.8 Å². The Balaban J connectivity index is 2.67. The van der Waals surface area contributed by atoms with Crippen molar-refractivity contribution in [2.75, 3.05) is 0 Å². The molecule has 0 fully saturated rings. The molecule has 0 aliphatic carbocycles. The van der Waals surface area contributed by atoms with Gasteiger partial charge in [0.15, 0.2) is 0 Å². The van der Waals surface area contributed by atoms with Crippen molar-refractivity contribution in [3.05, 3.63) is 28.4 Å². The second kappa shape index (κ2) is 3.32. The zero-order valence-electron chi connectivity index (χ0n) is 8.95. The summed E-state index contributed by atoms with van der Waals surface area (Å²) >= 11 is 3.46. The summed E-state index contributed by atoms with van der Waals surface area (Å²) in [7, 11) is 1.88. The van der Waals surface area contributed by atoms with E-state index in [4.69, 9.17) is 0 Å². The van der Waals surface area contributed by atoms with E-state index in [2.05, 4.69) is 21.0 Å². The molecule has 1 heterocycles. The lowest BCUT2D eigenvalue weighted by molar-refractivity contribution is 0.0787. The molecule has 0 saturated heterocycles. The van der Waals surface area contributed by atoms with Crippen LogP contribution < -0.4 is 0 Å². The molecule has 1 N–H and O–H groups in total. The molecule has 0 bridgehead atoms. The maximum atomic E-state index is 9.88. The Kier molecular flexibility index (Phi) is 2.35. The van der Waals surface area contributed by atoms with Crippen LogP contribution in [-0.4, -0.2) is 14.9 Å². The first-order valence-electron chi connectivity index (χ1n) is 4.75. The minimum Gasteiger partial charge on any atom is -0.386 e. The molecule has 0 amide bonds. The molecule has 0 atom stereocenters. The molecule has 80 valence electrons. The van der Waals surface area contributed by atoms with E-state index in [1.165, 1.54) is 0 Å². The van der Waals surface area contributed by atoms with Crippen molar-refractivity contribution < 1.29 is 5.11 Å². The van der Waals surface area contributed by atoms with Gasteiger partial charge in [0, 0.05) is 12.4 Å². The number of hydrogen-bond donors (Lipinski definition) is 1. The van der Waals surface area contributed by atoms with Crippen molar-refractivity contribution in [2.24, 2.45) is 7.05 Å². The predicted octanol–water partition coefficient (Wildman–Crippen LogP) is 2.56. The van der Waals surface area contributed by atoms with Crippen LogP contribution in [0.25, 0.3) is 10.9 Å². The zero-order valence-corrected chi connectivity index (χ0v) is 10.5. The van der Waals surface area contributed by atoms with Crippen LogP contribution in [0.15, 0.2) is 22.8 Å². The third-order valence-electron chi connectivity index (χ3n) is 2.47. The molecule has 2 rings (SSSR count). The van der Waals surface area contributed by atoms with E-state index in [9.17, 15) is 5.11 Å². The van der Waals surface area contributed by atoms with Crippen molar-refractivity contribution in [1.29, 1.82) is 0 Å². The number of hydrogen-bond acceptors (Lipinski definition) is 2. The summed E-state index contributed by atoms with van der Waals surface area (Å²) in [5, 5.41) is 15.3. The fourth-order valence-corrected chi connectivity index (χ4v) is 1.96. The number of benzene rings is 1. The first-order chi connectivity index (χ1) is 6.89. The molecular formula is C11H13BrN2O. The average Bonchev–Trinajstić information content (AvgIpc) is 2.41. The van der Waals surface area contributed by atoms with Crippen LogP contribution in [-0.2, 0) is 12.6 Å². The van der Waals surface area contributed by atoms with E-state index in [0.29, 0.717) is 0 Å². The minimum absolute atomic E-state index is 0.821. The number of rotatable bonds is 1. The summed E-state index contributed by atoms with van der Waals surface area (Å²) in [5.74, 6) is 0. The Morgan fingerprint density at radius 2 is 2.07 bits per heavy atom. The number of fused-ring (bicyclic) bond motifs is 1. The zero-order chi connectivity index (χ0) is 11.2. The van der Waals surface area contributed by atoms with Crippen molar-refractivity contribution in [1.82, 2.24) is 9.78 Å². The average molecular weight is 269 g/mol. The van der Waals surface area contributed by atoms with Gasteiger partial charge in [-0.15, -0.1) is 0 Å². The van der Waals surface area contributed by atoms with Crippen LogP contribution in [0.1, 0.15) is 19.4 Å². The number of aromatic nitrogens is 2. The van der Waals surface area contributed by atoms with Gasteiger partial charge in [-0.2, -0.15) is 5.10 Å². The minimum atomic E-state index is -0.821. The van der Waals surface area contributed by atoms with Gasteiger partial charge < -0.3 is 5.11 Å². The molecule has 1 aromatic heterocycles. The maximum Gasteiger partial charge on any atom is 0.111 e. The standard InChI is InChI=1S/C11H13BrN2O/c1-11(2,15)7-4-5-8-9(6-7)13-14(3)10(8)12/h4-6,15H,1-3H3. The largest absolute Gasteiger partial charge is 0.386 e. The Labute approximate surface area is 96.8 Å². The van der Waals surface area contributed by atoms with E-state index in [1.807, 2.05) is 25.2 Å². The van der Waals surface area contributed by atoms with Crippen molar-refractivity contribution in [2.45, 2.75) is 19.4 Å². The lowest BCUT2D eigenvalue weighted by Crippen LogP contribution is -2.14. The molecule has 1 aromatic carbocycles. The van der Waals surface area contributed by atoms with Gasteiger partial charge in [0.25, 0.3) is 0 Å². The topological polar surface area (TPSA) is 38.0 Å². The van der Waals surface area contributed by atoms with Gasteiger partial charge in [0.05, 0.1) is 11.1 Å². The van der Waals surface area contributed by atoms with E-state index < -0.39 is 5.60 Å². The van der Waals surface area contributed by atoms with Gasteiger partial charge in [0.2, 0.25) is 0 Å². The van der Waals surface area contributed by atoms with Crippen LogP contribution in [0.4, 0.5) is 0 Å². The second-order valence-corrected chi connectivity index (χ2v) is 4.96. The molecule has 0 unspecified atom stereocenters. The summed E-state index contributed by atoms with van der Waals surface area (Å²) in [6, 6.07) is 5.81. The van der Waals surface area contributed by atoms with E-state index in [1.54, 1.807) is 18.5 Å². The highest BCUT2D eigenvalue weighted by molar-refractivity contribution is 9.10. The Morgan fingerprint density at radius 1 is 1.40 bits per heavy atom. The van der Waals surface area contributed by atoms with E-state index >= 15 is 0 Å². The highest BCUT2D eigenvalue weighted by Gasteiger charge is 2.17. The highest BCUT2D eigenvalue weighted by atomic mass is 79.9. The first-order valence-corrected chi connectivity index (χ1v) is 5.54. The van der Waals surface area contributed by atoms with Crippen molar-refractivity contribution in [3.63, 3.8) is 0 Å². The third kappa shape index (κ3) is 1.79. The molecule has 0 saturated carbocycles. The predicted molar refractivity (Wildman–Crippen MR) is 63.7 cm³/mol. The van der Waals surface area contributed by atoms with E-state index in [-0.39, 0.29) is 0 Å². The molecule has 0 aliphatic heterocycles. The quantitative estimate of drug-likeness (QED) is 0.864. The Morgan fingerprint density at radius 3 is 2.67 bits per heavy atom. The third-order valence-corrected chi connectivity index (χ3v) is 3.41. The molecule has 4 heteroatoms. The summed E-state index contributed by atoms with van der Waals surface area (Å²) in [5.41, 5.74) is 0.947. The van der Waals surface area contributed by atoms with Gasteiger partial charge in [-0.25, -0.2) is 0 Å². The van der Waals surface area contributed by atoms with Crippen LogP contribution in [0.5, 0.6) is 0 Å². The summed E-state index contributed by atoms with van der Waals surface area (Å²) < 4.78 is 2.73. The van der Waals surface area contributed by atoms with Gasteiger partial charge in [-0.3, -0.25) is 4.68 Å². The van der Waals surface area contributed by atoms with Crippen molar-refractivity contribution in [3.8, 4) is 0 Å². The van der Waals surface area contributed by atoms with Gasteiger partial charge >= 0.3 is 0 Å². The highest BCUT2D eigenvalue weighted by Crippen LogP contribution is 2.27. The summed E-state index contributed by atoms with van der Waals surface area (Å²) in [6.45, 7) is 3.54. The lowest BCUT2D eigenvalue weighted by Gasteiger charge is -2.17. The van der Waals surface area contributed by atoms with Gasteiger partial charge in [-0.05, 0) is 47.5 Å². The van der Waals surface area contributed by atoms with E-state index in [0.717, 1.165) is 21.1 Å². The molecule has 3 nitrogen and oxygen atoms in total. The fourth-order valence-electron chi connectivity index (χ4n) is 1.55. The smallest absolute Gasteiger partial charge is 0.111 e. The van der Waals surface area contributed by atoms with Crippen LogP contribution in [0.3, 0.4) is 0 Å². The van der Waals surface area contributed by atoms with Crippen LogP contribution >= 0.6 is 15.9 Å². The molecule has 0 spiro atoms. The number of halogens is 1. The number of aliphatic hydroxyl groups is 1. The fraction of sp³-hybridized carbons (Fsp3) is 0.364. The maximum absolute atomic E-state index is 9.88. The van der Waals surface area contributed by atoms with Crippen LogP contribution in [0, 0.1) is 0 Å². The lowest BCUT2D eigenvalue weighted by atomic mass is 9.98. The number of nitrogens with zero attached hydrogens (tertiary/aromatic N) is 2. The summed E-state index contributed by atoms with van der Waals surface area (Å²) in [4.78, 5) is 0. The monoisotopic (exact) mass is 268 g/mol. The molecule has 0 radical (unpaired) electrons. The Hall–Kier alpha value is -0.870. The molecule has 15 heavy (non-hydrogen) atoms. The van der Waals surface area contributed by atoms with Gasteiger partial charge in [-0.1, -0.05) is 6.07 Å². The summed E-state index contributed by atoms with van der Waals surface area (Å²) in [6.07, 6.45) is 0. The Bertz CT molecular complexity index is 511. The SMILES string of the molecule is Cn1nc2cc(C(C)(C)O)ccc2c1Br.